The second kappa shape index (κ2) is 7.87. The molecule has 0 unspecified atom stereocenters. The molecule has 0 bridgehead atoms. The summed E-state index contributed by atoms with van der Waals surface area (Å²) in [6, 6.07) is 0. The van der Waals surface area contributed by atoms with Crippen molar-refractivity contribution in [2.45, 2.75) is 45.3 Å². The number of hydrogen-bond acceptors (Lipinski definition) is 5. The maximum Gasteiger partial charge on any atom is 0.303 e. The zero-order valence-corrected chi connectivity index (χ0v) is 10.9. The Morgan fingerprint density at radius 1 is 1.28 bits per heavy atom. The van der Waals surface area contributed by atoms with E-state index in [4.69, 9.17) is 14.2 Å². The molecule has 1 aliphatic heterocycles. The maximum absolute atomic E-state index is 11.1. The molecule has 0 saturated heterocycles. The molecule has 0 aliphatic carbocycles. The Bertz CT molecular complexity index is 311. The van der Waals surface area contributed by atoms with Crippen molar-refractivity contribution >= 4 is 11.9 Å². The van der Waals surface area contributed by atoms with E-state index in [0.717, 1.165) is 12.8 Å². The van der Waals surface area contributed by atoms with E-state index in [2.05, 4.69) is 0 Å². The first kappa shape index (κ1) is 14.7. The van der Waals surface area contributed by atoms with Crippen molar-refractivity contribution in [3.8, 4) is 0 Å². The maximum atomic E-state index is 11.1. The van der Waals surface area contributed by atoms with Crippen LogP contribution in [-0.2, 0) is 23.8 Å². The summed E-state index contributed by atoms with van der Waals surface area (Å²) in [7, 11) is 0. The van der Waals surface area contributed by atoms with Gasteiger partial charge < -0.3 is 14.2 Å². The zero-order valence-electron chi connectivity index (χ0n) is 10.9. The number of carbonyl (C=O) groups excluding carboxylic acids is 2. The largest absolute Gasteiger partial charge is 0.463 e. The third-order valence-electron chi connectivity index (χ3n) is 2.56. The van der Waals surface area contributed by atoms with E-state index in [0.29, 0.717) is 13.0 Å². The van der Waals surface area contributed by atoms with E-state index < -0.39 is 12.2 Å². The molecule has 0 aromatic rings. The normalized spacial score (nSPS) is 26.3. The molecule has 1 rings (SSSR count). The highest BCUT2D eigenvalue weighted by molar-refractivity contribution is 5.66. The first-order chi connectivity index (χ1) is 8.59. The molecule has 0 aromatic heterocycles. The lowest BCUT2D eigenvalue weighted by atomic mass is 10.1. The molecule has 0 aromatic carbocycles. The summed E-state index contributed by atoms with van der Waals surface area (Å²) < 4.78 is 15.8. The fourth-order valence-electron chi connectivity index (χ4n) is 1.74. The third kappa shape index (κ3) is 5.82. The van der Waals surface area contributed by atoms with Gasteiger partial charge in [0.25, 0.3) is 0 Å². The molecular formula is C13H20O5. The minimum atomic E-state index is -0.406. The SMILES string of the molecule is CC(=O)OC[C@H]1OCCC/C=C\C[C@H]1OC(C)=O. The van der Waals surface area contributed by atoms with Crippen LogP contribution in [0, 0.1) is 0 Å². The smallest absolute Gasteiger partial charge is 0.303 e. The van der Waals surface area contributed by atoms with Crippen LogP contribution < -0.4 is 0 Å². The van der Waals surface area contributed by atoms with E-state index in [-0.39, 0.29) is 18.5 Å². The third-order valence-corrected chi connectivity index (χ3v) is 2.56. The second-order valence-electron chi connectivity index (χ2n) is 4.21. The standard InChI is InChI=1S/C13H20O5/c1-10(14)17-9-13-12(18-11(2)15)7-5-3-4-6-8-16-13/h3,5,12-13H,4,6-9H2,1-2H3/b5-3-/t12-,13-/m1/s1. The summed E-state index contributed by atoms with van der Waals surface area (Å²) in [5.41, 5.74) is 0. The first-order valence-corrected chi connectivity index (χ1v) is 6.16. The highest BCUT2D eigenvalue weighted by Crippen LogP contribution is 2.14. The number of rotatable bonds is 3. The minimum Gasteiger partial charge on any atom is -0.463 e. The van der Waals surface area contributed by atoms with Gasteiger partial charge in [-0.05, 0) is 12.8 Å². The zero-order chi connectivity index (χ0) is 13.4. The van der Waals surface area contributed by atoms with Gasteiger partial charge in [-0.15, -0.1) is 0 Å². The Balaban J connectivity index is 2.64. The van der Waals surface area contributed by atoms with Crippen LogP contribution >= 0.6 is 0 Å². The van der Waals surface area contributed by atoms with Crippen LogP contribution in [0.1, 0.15) is 33.1 Å². The lowest BCUT2D eigenvalue weighted by molar-refractivity contribution is -0.162. The second-order valence-corrected chi connectivity index (χ2v) is 4.21. The number of esters is 2. The molecule has 0 spiro atoms. The molecule has 5 heteroatoms. The molecule has 0 amide bonds. The number of carbonyl (C=O) groups is 2. The summed E-state index contributed by atoms with van der Waals surface area (Å²) in [4.78, 5) is 21.9. The average Bonchev–Trinajstić information content (AvgIpc) is 2.38. The van der Waals surface area contributed by atoms with Crippen LogP contribution in [0.2, 0.25) is 0 Å². The molecule has 5 nitrogen and oxygen atoms in total. The van der Waals surface area contributed by atoms with Crippen LogP contribution in [-0.4, -0.2) is 37.4 Å². The molecule has 0 fully saturated rings. The summed E-state index contributed by atoms with van der Waals surface area (Å²) >= 11 is 0. The van der Waals surface area contributed by atoms with E-state index in [1.807, 2.05) is 12.2 Å². The van der Waals surface area contributed by atoms with Gasteiger partial charge in [-0.25, -0.2) is 0 Å². The predicted molar refractivity (Wildman–Crippen MR) is 64.9 cm³/mol. The first-order valence-electron chi connectivity index (χ1n) is 6.16. The van der Waals surface area contributed by atoms with Crippen LogP contribution in [0.4, 0.5) is 0 Å². The van der Waals surface area contributed by atoms with E-state index in [1.54, 1.807) is 0 Å². The van der Waals surface area contributed by atoms with Crippen molar-refractivity contribution < 1.29 is 23.8 Å². The van der Waals surface area contributed by atoms with E-state index in [1.165, 1.54) is 13.8 Å². The number of hydrogen-bond donors (Lipinski definition) is 0. The van der Waals surface area contributed by atoms with Crippen molar-refractivity contribution in [2.24, 2.45) is 0 Å². The van der Waals surface area contributed by atoms with Gasteiger partial charge in [0.1, 0.15) is 18.8 Å². The number of ether oxygens (including phenoxy) is 3. The van der Waals surface area contributed by atoms with Crippen molar-refractivity contribution in [3.63, 3.8) is 0 Å². The molecule has 0 N–H and O–H groups in total. The molecule has 102 valence electrons. The lowest BCUT2D eigenvalue weighted by Crippen LogP contribution is -2.37. The van der Waals surface area contributed by atoms with Crippen LogP contribution in [0.5, 0.6) is 0 Å². The van der Waals surface area contributed by atoms with Gasteiger partial charge in [-0.3, -0.25) is 9.59 Å². The Kier molecular flexibility index (Phi) is 6.43. The molecule has 0 radical (unpaired) electrons. The molecule has 1 heterocycles. The molecule has 1 aliphatic rings. The van der Waals surface area contributed by atoms with Crippen molar-refractivity contribution in [1.82, 2.24) is 0 Å². The fourth-order valence-corrected chi connectivity index (χ4v) is 1.74. The summed E-state index contributed by atoms with van der Waals surface area (Å²) in [6.45, 7) is 3.38. The highest BCUT2D eigenvalue weighted by Gasteiger charge is 2.25. The quantitative estimate of drug-likeness (QED) is 0.567. The van der Waals surface area contributed by atoms with Crippen molar-refractivity contribution in [1.29, 1.82) is 0 Å². The average molecular weight is 256 g/mol. The van der Waals surface area contributed by atoms with Gasteiger partial charge in [0.05, 0.1) is 0 Å². The van der Waals surface area contributed by atoms with Gasteiger partial charge in [0.2, 0.25) is 0 Å². The summed E-state index contributed by atoms with van der Waals surface area (Å²) in [6.07, 6.45) is 5.63. The monoisotopic (exact) mass is 256 g/mol. The van der Waals surface area contributed by atoms with Gasteiger partial charge in [0.15, 0.2) is 0 Å². The van der Waals surface area contributed by atoms with E-state index in [9.17, 15) is 9.59 Å². The van der Waals surface area contributed by atoms with Gasteiger partial charge in [-0.1, -0.05) is 12.2 Å². The Hall–Kier alpha value is -1.36. The highest BCUT2D eigenvalue weighted by atomic mass is 16.6. The Morgan fingerprint density at radius 2 is 2.06 bits per heavy atom. The fraction of sp³-hybridized carbons (Fsp3) is 0.692. The van der Waals surface area contributed by atoms with E-state index >= 15 is 0 Å². The van der Waals surface area contributed by atoms with Crippen molar-refractivity contribution in [2.75, 3.05) is 13.2 Å². The van der Waals surface area contributed by atoms with Gasteiger partial charge in [-0.2, -0.15) is 0 Å². The molecule has 0 saturated carbocycles. The molecule has 2 atom stereocenters. The Morgan fingerprint density at radius 3 is 2.72 bits per heavy atom. The van der Waals surface area contributed by atoms with Crippen molar-refractivity contribution in [3.05, 3.63) is 12.2 Å². The lowest BCUT2D eigenvalue weighted by Gasteiger charge is -2.25. The number of allylic oxidation sites excluding steroid dienone is 1. The van der Waals surface area contributed by atoms with Crippen LogP contribution in [0.3, 0.4) is 0 Å². The molecular weight excluding hydrogens is 236 g/mol. The summed E-state index contributed by atoms with van der Waals surface area (Å²) in [5, 5.41) is 0. The summed E-state index contributed by atoms with van der Waals surface area (Å²) in [5.74, 6) is -0.723. The molecule has 18 heavy (non-hydrogen) atoms. The minimum absolute atomic E-state index is 0.112. The van der Waals surface area contributed by atoms with Gasteiger partial charge >= 0.3 is 11.9 Å². The van der Waals surface area contributed by atoms with Gasteiger partial charge in [0, 0.05) is 26.9 Å². The van der Waals surface area contributed by atoms with Crippen LogP contribution in [0.25, 0.3) is 0 Å². The topological polar surface area (TPSA) is 61.8 Å². The Labute approximate surface area is 107 Å². The predicted octanol–water partition coefficient (Wildman–Crippen LogP) is 1.61. The van der Waals surface area contributed by atoms with Crippen LogP contribution in [0.15, 0.2) is 12.2 Å².